The average Bonchev–Trinajstić information content (AvgIpc) is 3.44. The molecule has 0 radical (unpaired) electrons. The van der Waals surface area contributed by atoms with Gasteiger partial charge in [0.05, 0.1) is 0 Å². The Hall–Kier alpha value is -5.24. The van der Waals surface area contributed by atoms with Crippen LogP contribution in [0.5, 0.6) is 0 Å². The summed E-state index contributed by atoms with van der Waals surface area (Å²) >= 11 is 1.88. The highest BCUT2D eigenvalue weighted by atomic mass is 32.1. The smallest absolute Gasteiger partial charge is 0.0355 e. The first-order chi connectivity index (χ1) is 21.3. The molecule has 0 saturated carbocycles. The lowest BCUT2D eigenvalue weighted by Gasteiger charge is -2.17. The Labute approximate surface area is 254 Å². The summed E-state index contributed by atoms with van der Waals surface area (Å²) in [7, 11) is 0. The summed E-state index contributed by atoms with van der Waals surface area (Å²) in [6.07, 6.45) is 0. The van der Waals surface area contributed by atoms with Gasteiger partial charge in [-0.15, -0.1) is 11.3 Å². The van der Waals surface area contributed by atoms with E-state index in [0.717, 1.165) is 0 Å². The van der Waals surface area contributed by atoms with Crippen LogP contribution in [0.15, 0.2) is 158 Å². The van der Waals surface area contributed by atoms with E-state index in [9.17, 15) is 0 Å². The van der Waals surface area contributed by atoms with E-state index in [4.69, 9.17) is 0 Å². The highest BCUT2D eigenvalue weighted by Crippen LogP contribution is 2.45. The van der Waals surface area contributed by atoms with Gasteiger partial charge >= 0.3 is 0 Å². The highest BCUT2D eigenvalue weighted by Gasteiger charge is 2.17. The van der Waals surface area contributed by atoms with Crippen molar-refractivity contribution in [3.8, 4) is 33.4 Å². The van der Waals surface area contributed by atoms with Crippen LogP contribution in [-0.4, -0.2) is 0 Å². The van der Waals surface area contributed by atoms with Crippen molar-refractivity contribution in [3.05, 3.63) is 158 Å². The SMILES string of the molecule is c1ccc(-c2c3ccccc3c(-c3ccc4sc5ccc(-c6cccc7ccccc67)cc5c4c3)c3ccccc23)cc1. The van der Waals surface area contributed by atoms with E-state index in [1.807, 2.05) is 11.3 Å². The fourth-order valence-electron chi connectivity index (χ4n) is 6.93. The molecule has 9 aromatic rings. The quantitative estimate of drug-likeness (QED) is 0.188. The Balaban J connectivity index is 1.31. The zero-order valence-corrected chi connectivity index (χ0v) is 24.2. The van der Waals surface area contributed by atoms with Crippen LogP contribution in [0.25, 0.3) is 85.9 Å². The molecule has 0 N–H and O–H groups in total. The van der Waals surface area contributed by atoms with Crippen molar-refractivity contribution >= 4 is 63.8 Å². The first-order valence-electron chi connectivity index (χ1n) is 14.8. The molecule has 0 unspecified atom stereocenters. The molecule has 8 aromatic carbocycles. The van der Waals surface area contributed by atoms with Crippen LogP contribution in [0.3, 0.4) is 0 Å². The second kappa shape index (κ2) is 9.66. The van der Waals surface area contributed by atoms with E-state index in [0.29, 0.717) is 0 Å². The van der Waals surface area contributed by atoms with E-state index in [1.165, 1.54) is 85.9 Å². The maximum absolute atomic E-state index is 2.43. The molecule has 0 spiro atoms. The van der Waals surface area contributed by atoms with Crippen LogP contribution in [-0.2, 0) is 0 Å². The third kappa shape index (κ3) is 3.82. The molecule has 43 heavy (non-hydrogen) atoms. The predicted molar refractivity (Wildman–Crippen MR) is 188 cm³/mol. The summed E-state index contributed by atoms with van der Waals surface area (Å²) in [6, 6.07) is 58.0. The van der Waals surface area contributed by atoms with E-state index in [2.05, 4.69) is 158 Å². The Morgan fingerprint density at radius 3 is 1.44 bits per heavy atom. The van der Waals surface area contributed by atoms with E-state index in [-0.39, 0.29) is 0 Å². The topological polar surface area (TPSA) is 0 Å². The molecule has 0 fully saturated rings. The molecule has 1 heterocycles. The van der Waals surface area contributed by atoms with Crippen molar-refractivity contribution in [2.45, 2.75) is 0 Å². The lowest BCUT2D eigenvalue weighted by atomic mass is 9.86. The first kappa shape index (κ1) is 24.4. The summed E-state index contributed by atoms with van der Waals surface area (Å²) in [5.41, 5.74) is 7.66. The molecule has 0 aliphatic rings. The number of benzene rings is 8. The number of hydrogen-bond donors (Lipinski definition) is 0. The molecule has 1 heteroatoms. The third-order valence-corrected chi connectivity index (χ3v) is 10.0. The number of thiophene rings is 1. The van der Waals surface area contributed by atoms with Crippen molar-refractivity contribution in [1.82, 2.24) is 0 Å². The monoisotopic (exact) mass is 562 g/mol. The second-order valence-electron chi connectivity index (χ2n) is 11.3. The maximum atomic E-state index is 2.43. The van der Waals surface area contributed by atoms with Crippen LogP contribution < -0.4 is 0 Å². The minimum Gasteiger partial charge on any atom is -0.135 e. The Bertz CT molecular complexity index is 2440. The minimum absolute atomic E-state index is 1.25. The molecule has 0 bridgehead atoms. The van der Waals surface area contributed by atoms with Gasteiger partial charge in [-0.2, -0.15) is 0 Å². The number of fused-ring (bicyclic) bond motifs is 6. The molecule has 200 valence electrons. The summed E-state index contributed by atoms with van der Waals surface area (Å²) in [5, 5.41) is 10.4. The second-order valence-corrected chi connectivity index (χ2v) is 12.3. The van der Waals surface area contributed by atoms with Gasteiger partial charge in [0.2, 0.25) is 0 Å². The number of hydrogen-bond acceptors (Lipinski definition) is 1. The largest absolute Gasteiger partial charge is 0.135 e. The molecule has 0 saturated heterocycles. The molecule has 0 atom stereocenters. The third-order valence-electron chi connectivity index (χ3n) is 8.85. The van der Waals surface area contributed by atoms with E-state index < -0.39 is 0 Å². The summed E-state index contributed by atoms with van der Waals surface area (Å²) in [5.74, 6) is 0. The molecule has 0 aliphatic heterocycles. The summed E-state index contributed by atoms with van der Waals surface area (Å²) in [4.78, 5) is 0. The first-order valence-corrected chi connectivity index (χ1v) is 15.6. The summed E-state index contributed by atoms with van der Waals surface area (Å²) < 4.78 is 2.65. The predicted octanol–water partition coefficient (Wildman–Crippen LogP) is 12.5. The van der Waals surface area contributed by atoms with Crippen molar-refractivity contribution in [2.75, 3.05) is 0 Å². The molecule has 1 aromatic heterocycles. The number of rotatable bonds is 3. The van der Waals surface area contributed by atoms with Crippen molar-refractivity contribution in [3.63, 3.8) is 0 Å². The van der Waals surface area contributed by atoms with Gasteiger partial charge in [-0.3, -0.25) is 0 Å². The maximum Gasteiger partial charge on any atom is 0.0355 e. The van der Waals surface area contributed by atoms with Gasteiger partial charge in [-0.1, -0.05) is 133 Å². The van der Waals surface area contributed by atoms with E-state index >= 15 is 0 Å². The Morgan fingerprint density at radius 1 is 0.302 bits per heavy atom. The lowest BCUT2D eigenvalue weighted by Crippen LogP contribution is -1.90. The molecule has 0 aliphatic carbocycles. The zero-order valence-electron chi connectivity index (χ0n) is 23.4. The normalized spacial score (nSPS) is 11.7. The fraction of sp³-hybridized carbons (Fsp3) is 0. The summed E-state index contributed by atoms with van der Waals surface area (Å²) in [6.45, 7) is 0. The van der Waals surface area contributed by atoms with Gasteiger partial charge in [-0.25, -0.2) is 0 Å². The Kier molecular flexibility index (Phi) is 5.47. The zero-order chi connectivity index (χ0) is 28.3. The molecular weight excluding hydrogens is 537 g/mol. The lowest BCUT2D eigenvalue weighted by molar-refractivity contribution is 1.66. The van der Waals surface area contributed by atoms with Gasteiger partial charge in [0, 0.05) is 20.2 Å². The standard InChI is InChI=1S/C42H26S/c1-2-12-28(13-3-1)41-33-16-6-8-18-35(33)42(36-19-9-7-17-34(36)41)30-22-24-40-38(26-30)37-25-29(21-23-39(37)43-40)32-20-10-14-27-11-4-5-15-31(27)32/h1-26H. The van der Waals surface area contributed by atoms with Crippen LogP contribution in [0.1, 0.15) is 0 Å². The van der Waals surface area contributed by atoms with Gasteiger partial charge in [0.15, 0.2) is 0 Å². The molecule has 0 amide bonds. The van der Waals surface area contributed by atoms with Crippen molar-refractivity contribution < 1.29 is 0 Å². The fourth-order valence-corrected chi connectivity index (χ4v) is 8.00. The van der Waals surface area contributed by atoms with Crippen LogP contribution >= 0.6 is 11.3 Å². The van der Waals surface area contributed by atoms with Crippen molar-refractivity contribution in [1.29, 1.82) is 0 Å². The van der Waals surface area contributed by atoms with Crippen LogP contribution in [0, 0.1) is 0 Å². The molecule has 0 nitrogen and oxygen atoms in total. The molecular formula is C42H26S. The van der Waals surface area contributed by atoms with E-state index in [1.54, 1.807) is 0 Å². The Morgan fingerprint density at radius 2 is 0.791 bits per heavy atom. The average molecular weight is 563 g/mol. The van der Waals surface area contributed by atoms with Gasteiger partial charge in [-0.05, 0) is 90.0 Å². The van der Waals surface area contributed by atoms with Gasteiger partial charge in [0.25, 0.3) is 0 Å². The highest BCUT2D eigenvalue weighted by molar-refractivity contribution is 7.25. The van der Waals surface area contributed by atoms with Gasteiger partial charge < -0.3 is 0 Å². The van der Waals surface area contributed by atoms with Crippen LogP contribution in [0.4, 0.5) is 0 Å². The minimum atomic E-state index is 1.25. The van der Waals surface area contributed by atoms with Gasteiger partial charge in [0.1, 0.15) is 0 Å². The molecule has 9 rings (SSSR count). The van der Waals surface area contributed by atoms with Crippen molar-refractivity contribution in [2.24, 2.45) is 0 Å². The van der Waals surface area contributed by atoms with Crippen LogP contribution in [0.2, 0.25) is 0 Å².